The Morgan fingerprint density at radius 1 is 1.73 bits per heavy atom. The number of hydrogen-bond donors (Lipinski definition) is 1. The minimum absolute atomic E-state index is 0.875. The second-order valence-corrected chi connectivity index (χ2v) is 3.62. The van der Waals surface area contributed by atoms with Crippen LogP contribution < -0.4 is 5.32 Å². The molecule has 60 valence electrons. The summed E-state index contributed by atoms with van der Waals surface area (Å²) in [4.78, 5) is 2.07. The fourth-order valence-corrected chi connectivity index (χ4v) is 2.14. The van der Waals surface area contributed by atoms with E-state index in [-0.39, 0.29) is 0 Å². The van der Waals surface area contributed by atoms with Crippen molar-refractivity contribution < 1.29 is 0 Å². The van der Waals surface area contributed by atoms with E-state index in [1.54, 1.807) is 11.3 Å². The van der Waals surface area contributed by atoms with Gasteiger partial charge in [-0.2, -0.15) is 0 Å². The molecule has 1 aromatic rings. The maximum atomic E-state index is 5.16. The van der Waals surface area contributed by atoms with E-state index in [0.29, 0.717) is 0 Å². The van der Waals surface area contributed by atoms with Crippen LogP contribution in [0, 0.1) is 6.92 Å². The normalized spacial score (nSPS) is 9.64. The summed E-state index contributed by atoms with van der Waals surface area (Å²) in [6, 6.07) is 2.09. The summed E-state index contributed by atoms with van der Waals surface area (Å²) in [5.74, 6) is 0. The highest BCUT2D eigenvalue weighted by atomic mass is 32.1. The van der Waals surface area contributed by atoms with Crippen molar-refractivity contribution in [2.75, 3.05) is 6.54 Å². The number of hydrogen-bond acceptors (Lipinski definition) is 2. The van der Waals surface area contributed by atoms with Gasteiger partial charge in [-0.25, -0.2) is 0 Å². The summed E-state index contributed by atoms with van der Waals surface area (Å²) in [7, 11) is 0. The maximum absolute atomic E-state index is 5.16. The maximum Gasteiger partial charge on any atom is 0.116 e. The summed E-state index contributed by atoms with van der Waals surface area (Å²) in [6.45, 7) is 5.03. The minimum atomic E-state index is 0.875. The van der Waals surface area contributed by atoms with Gasteiger partial charge < -0.3 is 5.32 Å². The van der Waals surface area contributed by atoms with Gasteiger partial charge in [0, 0.05) is 6.54 Å². The molecule has 0 amide bonds. The quantitative estimate of drug-likeness (QED) is 0.710. The van der Waals surface area contributed by atoms with Crippen LogP contribution in [0.1, 0.15) is 17.4 Å². The molecule has 0 atom stereocenters. The molecule has 0 saturated heterocycles. The summed E-state index contributed by atoms with van der Waals surface area (Å²) in [6.07, 6.45) is 0. The van der Waals surface area contributed by atoms with Gasteiger partial charge in [0.15, 0.2) is 0 Å². The van der Waals surface area contributed by atoms with E-state index in [1.807, 2.05) is 0 Å². The van der Waals surface area contributed by atoms with Gasteiger partial charge in [0.25, 0.3) is 0 Å². The molecule has 1 N–H and O–H groups in total. The smallest absolute Gasteiger partial charge is 0.116 e. The molecule has 0 radical (unpaired) electrons. The fraction of sp³-hybridized carbons (Fsp3) is 0.375. The first-order chi connectivity index (χ1) is 5.25. The van der Waals surface area contributed by atoms with Crippen molar-refractivity contribution in [2.45, 2.75) is 13.8 Å². The molecule has 0 bridgehead atoms. The number of nitrogens with one attached hydrogen (secondary N) is 1. The number of thiocarbonyl (C=S) groups is 1. The van der Waals surface area contributed by atoms with Crippen molar-refractivity contribution in [1.82, 2.24) is 5.32 Å². The molecule has 0 unspecified atom stereocenters. The van der Waals surface area contributed by atoms with Crippen molar-refractivity contribution in [3.63, 3.8) is 0 Å². The first kappa shape index (κ1) is 8.68. The van der Waals surface area contributed by atoms with Gasteiger partial charge in [-0.3, -0.25) is 0 Å². The third-order valence-electron chi connectivity index (χ3n) is 1.41. The minimum Gasteiger partial charge on any atom is -0.375 e. The largest absolute Gasteiger partial charge is 0.375 e. The Hall–Kier alpha value is -0.410. The highest BCUT2D eigenvalue weighted by Crippen LogP contribution is 2.15. The van der Waals surface area contributed by atoms with Gasteiger partial charge in [0.2, 0.25) is 0 Å². The van der Waals surface area contributed by atoms with E-state index in [9.17, 15) is 0 Å². The molecule has 0 fully saturated rings. The number of rotatable bonds is 2. The summed E-state index contributed by atoms with van der Waals surface area (Å²) < 4.78 is 0. The molecular weight excluding hydrogens is 174 g/mol. The second-order valence-electron chi connectivity index (χ2n) is 2.29. The van der Waals surface area contributed by atoms with Crippen LogP contribution in [-0.4, -0.2) is 11.5 Å². The molecule has 1 rings (SSSR count). The lowest BCUT2D eigenvalue weighted by molar-refractivity contribution is 0.984. The average Bonchev–Trinajstić information content (AvgIpc) is 2.36. The van der Waals surface area contributed by atoms with Gasteiger partial charge >= 0.3 is 0 Å². The Labute approximate surface area is 76.4 Å². The van der Waals surface area contributed by atoms with Gasteiger partial charge in [-0.1, -0.05) is 12.2 Å². The van der Waals surface area contributed by atoms with Crippen LogP contribution in [0.2, 0.25) is 0 Å². The molecule has 0 aliphatic rings. The van der Waals surface area contributed by atoms with Crippen molar-refractivity contribution in [2.24, 2.45) is 0 Å². The van der Waals surface area contributed by atoms with Crippen molar-refractivity contribution in [3.8, 4) is 0 Å². The molecule has 0 aromatic carbocycles. The lowest BCUT2D eigenvalue weighted by atomic mass is 10.3. The van der Waals surface area contributed by atoms with Crippen molar-refractivity contribution in [3.05, 3.63) is 21.9 Å². The predicted octanol–water partition coefficient (Wildman–Crippen LogP) is 2.34. The lowest BCUT2D eigenvalue weighted by Gasteiger charge is -2.02. The second kappa shape index (κ2) is 3.83. The summed E-state index contributed by atoms with van der Waals surface area (Å²) in [5.41, 5.74) is 1.26. The zero-order valence-electron chi connectivity index (χ0n) is 6.68. The predicted molar refractivity (Wildman–Crippen MR) is 54.4 cm³/mol. The van der Waals surface area contributed by atoms with Crippen LogP contribution in [-0.2, 0) is 0 Å². The molecule has 0 spiro atoms. The first-order valence-electron chi connectivity index (χ1n) is 3.58. The van der Waals surface area contributed by atoms with Crippen molar-refractivity contribution in [1.29, 1.82) is 0 Å². The Morgan fingerprint density at radius 2 is 2.45 bits per heavy atom. The van der Waals surface area contributed by atoms with E-state index in [1.165, 1.54) is 10.4 Å². The van der Waals surface area contributed by atoms with Crippen LogP contribution in [0.15, 0.2) is 11.4 Å². The molecule has 1 aromatic heterocycles. The monoisotopic (exact) mass is 185 g/mol. The third kappa shape index (κ3) is 2.01. The zero-order chi connectivity index (χ0) is 8.27. The highest BCUT2D eigenvalue weighted by molar-refractivity contribution is 7.81. The van der Waals surface area contributed by atoms with Crippen LogP contribution in [0.25, 0.3) is 0 Å². The van der Waals surface area contributed by atoms with E-state index < -0.39 is 0 Å². The molecule has 0 aliphatic heterocycles. The topological polar surface area (TPSA) is 12.0 Å². The lowest BCUT2D eigenvalue weighted by Crippen LogP contribution is -2.20. The SMILES string of the molecule is CCNC(=S)c1sccc1C. The molecule has 0 aliphatic carbocycles. The molecular formula is C8H11NS2. The molecule has 0 saturated carbocycles. The fourth-order valence-electron chi connectivity index (χ4n) is 0.846. The van der Waals surface area contributed by atoms with Crippen LogP contribution in [0.3, 0.4) is 0 Å². The number of thiophene rings is 1. The van der Waals surface area contributed by atoms with E-state index >= 15 is 0 Å². The van der Waals surface area contributed by atoms with E-state index in [2.05, 4.69) is 30.6 Å². The zero-order valence-corrected chi connectivity index (χ0v) is 8.31. The van der Waals surface area contributed by atoms with E-state index in [4.69, 9.17) is 12.2 Å². The van der Waals surface area contributed by atoms with Crippen LogP contribution in [0.4, 0.5) is 0 Å². The molecule has 1 nitrogen and oxygen atoms in total. The van der Waals surface area contributed by atoms with E-state index in [0.717, 1.165) is 11.5 Å². The van der Waals surface area contributed by atoms with Crippen LogP contribution in [0.5, 0.6) is 0 Å². The Balaban J connectivity index is 2.76. The number of aryl methyl sites for hydroxylation is 1. The molecule has 11 heavy (non-hydrogen) atoms. The van der Waals surface area contributed by atoms with Gasteiger partial charge in [0.1, 0.15) is 4.99 Å². The average molecular weight is 185 g/mol. The van der Waals surface area contributed by atoms with Gasteiger partial charge in [-0.15, -0.1) is 11.3 Å². The summed E-state index contributed by atoms with van der Waals surface area (Å²) >= 11 is 6.85. The highest BCUT2D eigenvalue weighted by Gasteiger charge is 2.03. The first-order valence-corrected chi connectivity index (χ1v) is 4.86. The Bertz CT molecular complexity index is 252. The molecule has 3 heteroatoms. The van der Waals surface area contributed by atoms with Gasteiger partial charge in [0.05, 0.1) is 4.88 Å². The molecule has 1 heterocycles. The van der Waals surface area contributed by atoms with Crippen LogP contribution >= 0.6 is 23.6 Å². The third-order valence-corrected chi connectivity index (χ3v) is 2.92. The Morgan fingerprint density at radius 3 is 2.91 bits per heavy atom. The summed E-state index contributed by atoms with van der Waals surface area (Å²) in [5, 5.41) is 5.19. The Kier molecular flexibility index (Phi) is 3.02. The standard InChI is InChI=1S/C8H11NS2/c1-3-9-8(10)7-6(2)4-5-11-7/h4-5H,3H2,1-2H3,(H,9,10). The van der Waals surface area contributed by atoms with Crippen molar-refractivity contribution >= 4 is 28.5 Å². The van der Waals surface area contributed by atoms with Gasteiger partial charge in [-0.05, 0) is 30.9 Å².